The van der Waals surface area contributed by atoms with Crippen LogP contribution in [0, 0.1) is 12.7 Å². The molecule has 2 heterocycles. The van der Waals surface area contributed by atoms with Crippen molar-refractivity contribution < 1.29 is 13.7 Å². The number of aryl methyl sites for hydroxylation is 1. The van der Waals surface area contributed by atoms with Gasteiger partial charge in [-0.2, -0.15) is 0 Å². The molecule has 5 nitrogen and oxygen atoms in total. The van der Waals surface area contributed by atoms with Crippen LogP contribution in [0.25, 0.3) is 32.1 Å². The Morgan fingerprint density at radius 1 is 1.06 bits per heavy atom. The fourth-order valence-electron chi connectivity index (χ4n) is 3.40. The van der Waals surface area contributed by atoms with Crippen LogP contribution in [-0.4, -0.2) is 16.0 Å². The highest BCUT2D eigenvalue weighted by molar-refractivity contribution is 7.21. The number of rotatable bonds is 5. The van der Waals surface area contributed by atoms with Gasteiger partial charge < -0.3 is 9.84 Å². The Labute approximate surface area is 187 Å². The van der Waals surface area contributed by atoms with Crippen LogP contribution in [0.1, 0.15) is 11.3 Å². The van der Waals surface area contributed by atoms with E-state index in [1.54, 1.807) is 35.6 Å². The number of thiazole rings is 1. The zero-order chi connectivity index (χ0) is 22.1. The second-order valence-corrected chi connectivity index (χ2v) is 8.49. The number of carbonyl (C=O) groups is 1. The Hall–Kier alpha value is -3.84. The van der Waals surface area contributed by atoms with Crippen molar-refractivity contribution in [1.82, 2.24) is 10.1 Å². The van der Waals surface area contributed by atoms with E-state index in [4.69, 9.17) is 4.52 Å². The third-order valence-corrected chi connectivity index (χ3v) is 6.07. The van der Waals surface area contributed by atoms with Crippen molar-refractivity contribution in [2.24, 2.45) is 0 Å². The number of aromatic nitrogens is 2. The quantitative estimate of drug-likeness (QED) is 0.349. The number of halogens is 1. The molecule has 0 fully saturated rings. The summed E-state index contributed by atoms with van der Waals surface area (Å²) in [6.45, 7) is 2.07. The summed E-state index contributed by atoms with van der Waals surface area (Å²) >= 11 is 1.64. The molecule has 0 aliphatic carbocycles. The van der Waals surface area contributed by atoms with Gasteiger partial charge in [-0.1, -0.05) is 23.4 Å². The zero-order valence-electron chi connectivity index (χ0n) is 17.1. The van der Waals surface area contributed by atoms with Gasteiger partial charge in [0.15, 0.2) is 5.76 Å². The second-order valence-electron chi connectivity index (χ2n) is 7.45. The first-order valence-corrected chi connectivity index (χ1v) is 10.8. The third kappa shape index (κ3) is 4.15. The van der Waals surface area contributed by atoms with Crippen molar-refractivity contribution in [3.05, 3.63) is 89.9 Å². The molecule has 2 aromatic heterocycles. The highest BCUT2D eigenvalue weighted by Crippen LogP contribution is 2.31. The number of nitrogens with zero attached hydrogens (tertiary/aromatic N) is 2. The van der Waals surface area contributed by atoms with Crippen LogP contribution in [0.5, 0.6) is 0 Å². The first-order valence-electron chi connectivity index (χ1n) is 10.0. The van der Waals surface area contributed by atoms with Crippen LogP contribution in [0.15, 0.2) is 77.3 Å². The minimum atomic E-state index is -0.400. The fourth-order valence-corrected chi connectivity index (χ4v) is 4.47. The van der Waals surface area contributed by atoms with Crippen LogP contribution in [0.3, 0.4) is 0 Å². The molecule has 0 atom stereocenters. The molecule has 1 N–H and O–H groups in total. The number of benzene rings is 3. The summed E-state index contributed by atoms with van der Waals surface area (Å²) in [4.78, 5) is 17.1. The largest absolute Gasteiger partial charge is 0.356 e. The minimum absolute atomic E-state index is 0.0247. The van der Waals surface area contributed by atoms with Crippen molar-refractivity contribution in [2.75, 3.05) is 5.32 Å². The molecule has 32 heavy (non-hydrogen) atoms. The molecule has 0 aliphatic heterocycles. The van der Waals surface area contributed by atoms with E-state index < -0.39 is 5.82 Å². The molecule has 158 valence electrons. The summed E-state index contributed by atoms with van der Waals surface area (Å²) in [5, 5.41) is 7.68. The zero-order valence-corrected chi connectivity index (χ0v) is 17.9. The lowest BCUT2D eigenvalue weighted by atomic mass is 10.1. The number of hydrogen-bond acceptors (Lipinski definition) is 5. The van der Waals surface area contributed by atoms with Crippen LogP contribution in [0.2, 0.25) is 0 Å². The van der Waals surface area contributed by atoms with Crippen LogP contribution in [-0.2, 0) is 11.2 Å². The van der Waals surface area contributed by atoms with Gasteiger partial charge in [0, 0.05) is 17.3 Å². The summed E-state index contributed by atoms with van der Waals surface area (Å²) < 4.78 is 20.3. The van der Waals surface area contributed by atoms with E-state index in [1.807, 2.05) is 30.3 Å². The summed E-state index contributed by atoms with van der Waals surface area (Å²) in [7, 11) is 0. The van der Waals surface area contributed by atoms with Gasteiger partial charge in [0.2, 0.25) is 5.91 Å². The fraction of sp³-hybridized carbons (Fsp3) is 0.0800. The second kappa shape index (κ2) is 8.36. The topological polar surface area (TPSA) is 68.0 Å². The predicted molar refractivity (Wildman–Crippen MR) is 124 cm³/mol. The van der Waals surface area contributed by atoms with Gasteiger partial charge in [0.05, 0.1) is 27.9 Å². The standard InChI is InChI=1S/C25H18FN3O2S/c1-15-6-11-21-23(12-15)32-25(28-21)16-7-9-17(10-8-16)27-24(30)14-18-13-22(31-29-18)19-4-2-3-5-20(19)26/h2-13H,14H2,1H3,(H,27,30). The molecule has 1 amide bonds. The highest BCUT2D eigenvalue weighted by Gasteiger charge is 2.14. The molecule has 0 spiro atoms. The van der Waals surface area contributed by atoms with Crippen LogP contribution < -0.4 is 5.32 Å². The maximum atomic E-state index is 13.9. The minimum Gasteiger partial charge on any atom is -0.356 e. The highest BCUT2D eigenvalue weighted by atomic mass is 32.1. The van der Waals surface area contributed by atoms with E-state index in [0.717, 1.165) is 20.8 Å². The SMILES string of the molecule is Cc1ccc2nc(-c3ccc(NC(=O)Cc4cc(-c5ccccc5F)on4)cc3)sc2c1. The maximum absolute atomic E-state index is 13.9. The van der Waals surface area contributed by atoms with Crippen molar-refractivity contribution in [3.8, 4) is 21.9 Å². The van der Waals surface area contributed by atoms with E-state index in [-0.39, 0.29) is 12.3 Å². The van der Waals surface area contributed by atoms with Crippen LogP contribution >= 0.6 is 11.3 Å². The molecule has 0 saturated carbocycles. The third-order valence-electron chi connectivity index (χ3n) is 5.00. The molecular weight excluding hydrogens is 425 g/mol. The Balaban J connectivity index is 1.25. The van der Waals surface area contributed by atoms with E-state index in [2.05, 4.69) is 34.5 Å². The molecule has 0 radical (unpaired) electrons. The van der Waals surface area contributed by atoms with Gasteiger partial charge in [0.1, 0.15) is 10.8 Å². The predicted octanol–water partition coefficient (Wildman–Crippen LogP) is 6.25. The van der Waals surface area contributed by atoms with E-state index in [0.29, 0.717) is 22.7 Å². The summed E-state index contributed by atoms with van der Waals surface area (Å²) in [6.07, 6.45) is 0.0247. The molecule has 5 aromatic rings. The Morgan fingerprint density at radius 3 is 2.69 bits per heavy atom. The number of nitrogens with one attached hydrogen (secondary N) is 1. The average Bonchev–Trinajstić information content (AvgIpc) is 3.41. The van der Waals surface area contributed by atoms with Gasteiger partial charge >= 0.3 is 0 Å². The average molecular weight is 444 g/mol. The first kappa shape index (κ1) is 20.1. The lowest BCUT2D eigenvalue weighted by molar-refractivity contribution is -0.115. The molecule has 0 bridgehead atoms. The van der Waals surface area contributed by atoms with Crippen molar-refractivity contribution in [2.45, 2.75) is 13.3 Å². The van der Waals surface area contributed by atoms with Gasteiger partial charge in [0.25, 0.3) is 0 Å². The molecule has 5 rings (SSSR count). The van der Waals surface area contributed by atoms with Gasteiger partial charge in [-0.05, 0) is 61.0 Å². The molecule has 0 aliphatic rings. The Kier molecular flexibility index (Phi) is 5.25. The first-order chi connectivity index (χ1) is 15.5. The number of hydrogen-bond donors (Lipinski definition) is 1. The summed E-state index contributed by atoms with van der Waals surface area (Å²) in [6, 6.07) is 21.6. The molecular formula is C25H18FN3O2S. The number of fused-ring (bicyclic) bond motifs is 1. The lowest BCUT2D eigenvalue weighted by Gasteiger charge is -2.04. The van der Waals surface area contributed by atoms with Crippen molar-refractivity contribution in [1.29, 1.82) is 0 Å². The summed E-state index contributed by atoms with van der Waals surface area (Å²) in [5.74, 6) is -0.342. The smallest absolute Gasteiger partial charge is 0.230 e. The molecule has 7 heteroatoms. The molecule has 0 unspecified atom stereocenters. The Bertz CT molecular complexity index is 1420. The monoisotopic (exact) mass is 443 g/mol. The van der Waals surface area contributed by atoms with E-state index >= 15 is 0 Å². The number of carbonyl (C=O) groups excluding carboxylic acids is 1. The van der Waals surface area contributed by atoms with E-state index in [1.165, 1.54) is 11.6 Å². The lowest BCUT2D eigenvalue weighted by Crippen LogP contribution is -2.14. The number of amides is 1. The number of anilines is 1. The van der Waals surface area contributed by atoms with E-state index in [9.17, 15) is 9.18 Å². The van der Waals surface area contributed by atoms with Crippen molar-refractivity contribution >= 4 is 33.1 Å². The van der Waals surface area contributed by atoms with Crippen molar-refractivity contribution in [3.63, 3.8) is 0 Å². The summed E-state index contributed by atoms with van der Waals surface area (Å²) in [5.41, 5.74) is 4.60. The van der Waals surface area contributed by atoms with Gasteiger partial charge in [-0.25, -0.2) is 9.37 Å². The normalized spacial score (nSPS) is 11.1. The maximum Gasteiger partial charge on any atom is 0.230 e. The van der Waals surface area contributed by atoms with Crippen LogP contribution in [0.4, 0.5) is 10.1 Å². The molecule has 0 saturated heterocycles. The van der Waals surface area contributed by atoms with Gasteiger partial charge in [-0.3, -0.25) is 4.79 Å². The Morgan fingerprint density at radius 2 is 1.88 bits per heavy atom. The van der Waals surface area contributed by atoms with Gasteiger partial charge in [-0.15, -0.1) is 11.3 Å². The molecule has 3 aromatic carbocycles.